The summed E-state index contributed by atoms with van der Waals surface area (Å²) in [5.74, 6) is 0.123. The summed E-state index contributed by atoms with van der Waals surface area (Å²) in [6.07, 6.45) is 6.41. The van der Waals surface area contributed by atoms with Crippen molar-refractivity contribution in [3.63, 3.8) is 0 Å². The molecule has 4 nitrogen and oxygen atoms in total. The Morgan fingerprint density at radius 3 is 2.29 bits per heavy atom. The van der Waals surface area contributed by atoms with Gasteiger partial charge in [-0.15, -0.1) is 0 Å². The summed E-state index contributed by atoms with van der Waals surface area (Å²) in [5, 5.41) is 0.704. The maximum atomic E-state index is 12.7. The van der Waals surface area contributed by atoms with Crippen molar-refractivity contribution in [1.82, 2.24) is 9.80 Å². The summed E-state index contributed by atoms with van der Waals surface area (Å²) in [6, 6.07) is 6.37. The van der Waals surface area contributed by atoms with Crippen LogP contribution < -0.4 is 4.90 Å². The van der Waals surface area contributed by atoms with Crippen LogP contribution in [0.1, 0.15) is 42.5 Å². The van der Waals surface area contributed by atoms with Crippen LogP contribution in [-0.4, -0.2) is 61.0 Å². The van der Waals surface area contributed by atoms with Crippen LogP contribution in [0.4, 0.5) is 5.69 Å². The van der Waals surface area contributed by atoms with Crippen molar-refractivity contribution >= 4 is 23.2 Å². The highest BCUT2D eigenvalue weighted by Gasteiger charge is 2.35. The Morgan fingerprint density at radius 2 is 1.62 bits per heavy atom. The summed E-state index contributed by atoms with van der Waals surface area (Å²) in [7, 11) is 0. The molecule has 1 amide bonds. The number of likely N-dealkylation sites (tertiary alicyclic amines) is 2. The van der Waals surface area contributed by atoms with E-state index in [9.17, 15) is 4.79 Å². The first-order chi connectivity index (χ1) is 11.7. The Balaban J connectivity index is 1.37. The minimum absolute atomic E-state index is 0.123. The Labute approximate surface area is 149 Å². The third-order valence-electron chi connectivity index (χ3n) is 5.70. The number of amides is 1. The molecule has 0 radical (unpaired) electrons. The zero-order valence-electron chi connectivity index (χ0n) is 14.2. The minimum atomic E-state index is 0.123. The number of nitrogens with zero attached hydrogens (tertiary/aromatic N) is 3. The first-order valence-corrected chi connectivity index (χ1v) is 9.68. The number of halogens is 1. The van der Waals surface area contributed by atoms with Crippen molar-refractivity contribution in [2.75, 3.05) is 44.2 Å². The highest BCUT2D eigenvalue weighted by atomic mass is 35.5. The standard InChI is InChI=1S/C19H26ClN3O/c20-17-12-15(6-7-18(17)22-10-4-5-11-22)19(24)23-13-16(14-23)21-8-2-1-3-9-21/h6-7,12,16H,1-5,8-11,13-14H2. The lowest BCUT2D eigenvalue weighted by molar-refractivity contribution is 0.0203. The number of anilines is 1. The number of rotatable bonds is 3. The van der Waals surface area contributed by atoms with Crippen molar-refractivity contribution in [3.8, 4) is 0 Å². The Kier molecular flexibility index (Phi) is 4.68. The normalized spacial score (nSPS) is 22.7. The molecule has 4 rings (SSSR count). The third kappa shape index (κ3) is 3.14. The molecule has 0 bridgehead atoms. The van der Waals surface area contributed by atoms with Crippen molar-refractivity contribution < 1.29 is 4.79 Å². The van der Waals surface area contributed by atoms with Crippen LogP contribution in [0.3, 0.4) is 0 Å². The van der Waals surface area contributed by atoms with Crippen LogP contribution in [-0.2, 0) is 0 Å². The molecular formula is C19H26ClN3O. The highest BCUT2D eigenvalue weighted by molar-refractivity contribution is 6.33. The van der Waals surface area contributed by atoms with Crippen LogP contribution >= 0.6 is 11.6 Å². The van der Waals surface area contributed by atoms with Gasteiger partial charge in [0, 0.05) is 37.8 Å². The third-order valence-corrected chi connectivity index (χ3v) is 6.00. The van der Waals surface area contributed by atoms with Gasteiger partial charge in [-0.2, -0.15) is 0 Å². The van der Waals surface area contributed by atoms with Gasteiger partial charge in [0.25, 0.3) is 5.91 Å². The lowest BCUT2D eigenvalue weighted by Crippen LogP contribution is -2.61. The fourth-order valence-corrected chi connectivity index (χ4v) is 4.47. The maximum Gasteiger partial charge on any atom is 0.254 e. The average molecular weight is 348 g/mol. The van der Waals surface area contributed by atoms with Gasteiger partial charge in [-0.1, -0.05) is 18.0 Å². The molecule has 1 aromatic carbocycles. The van der Waals surface area contributed by atoms with Crippen molar-refractivity contribution in [2.45, 2.75) is 38.1 Å². The molecule has 3 aliphatic heterocycles. The van der Waals surface area contributed by atoms with Crippen molar-refractivity contribution in [3.05, 3.63) is 28.8 Å². The first-order valence-electron chi connectivity index (χ1n) is 9.30. The fraction of sp³-hybridized carbons (Fsp3) is 0.632. The minimum Gasteiger partial charge on any atom is -0.370 e. The molecule has 3 aliphatic rings. The summed E-state index contributed by atoms with van der Waals surface area (Å²) >= 11 is 6.45. The van der Waals surface area contributed by atoms with Gasteiger partial charge in [-0.05, 0) is 57.0 Å². The van der Waals surface area contributed by atoms with Crippen LogP contribution in [0, 0.1) is 0 Å². The number of benzene rings is 1. The van der Waals surface area contributed by atoms with Crippen molar-refractivity contribution in [1.29, 1.82) is 0 Å². The van der Waals surface area contributed by atoms with Gasteiger partial charge in [0.1, 0.15) is 0 Å². The van der Waals surface area contributed by atoms with Crippen LogP contribution in [0.15, 0.2) is 18.2 Å². The largest absolute Gasteiger partial charge is 0.370 e. The lowest BCUT2D eigenvalue weighted by atomic mass is 10.0. The van der Waals surface area contributed by atoms with E-state index in [4.69, 9.17) is 11.6 Å². The summed E-state index contributed by atoms with van der Waals surface area (Å²) in [4.78, 5) is 19.5. The maximum absolute atomic E-state index is 12.7. The van der Waals surface area contributed by atoms with E-state index in [2.05, 4.69) is 9.80 Å². The number of carbonyl (C=O) groups is 1. The lowest BCUT2D eigenvalue weighted by Gasteiger charge is -2.46. The second-order valence-corrected chi connectivity index (χ2v) is 7.73. The van der Waals surface area contributed by atoms with Crippen LogP contribution in [0.5, 0.6) is 0 Å². The molecular weight excluding hydrogens is 322 g/mol. The van der Waals surface area contributed by atoms with Crippen LogP contribution in [0.2, 0.25) is 5.02 Å². The second-order valence-electron chi connectivity index (χ2n) is 7.32. The Morgan fingerprint density at radius 1 is 0.958 bits per heavy atom. The van der Waals surface area contributed by atoms with Crippen molar-refractivity contribution in [2.24, 2.45) is 0 Å². The SMILES string of the molecule is O=C(c1ccc(N2CCCC2)c(Cl)c1)N1CC(N2CCCCC2)C1. The molecule has 3 fully saturated rings. The Bertz CT molecular complexity index is 603. The quantitative estimate of drug-likeness (QED) is 0.839. The topological polar surface area (TPSA) is 26.8 Å². The molecule has 5 heteroatoms. The van der Waals surface area contributed by atoms with E-state index in [-0.39, 0.29) is 5.91 Å². The fourth-order valence-electron chi connectivity index (χ4n) is 4.17. The zero-order valence-corrected chi connectivity index (χ0v) is 15.0. The predicted molar refractivity (Wildman–Crippen MR) is 98.0 cm³/mol. The second kappa shape index (κ2) is 6.93. The molecule has 1 aromatic rings. The monoisotopic (exact) mass is 347 g/mol. The molecule has 0 N–H and O–H groups in total. The zero-order chi connectivity index (χ0) is 16.5. The summed E-state index contributed by atoms with van der Waals surface area (Å²) in [6.45, 7) is 6.26. The molecule has 0 spiro atoms. The Hall–Kier alpha value is -1.26. The van der Waals surface area contributed by atoms with E-state index in [1.54, 1.807) is 0 Å². The molecule has 3 saturated heterocycles. The molecule has 3 heterocycles. The smallest absolute Gasteiger partial charge is 0.254 e. The van der Waals surface area contributed by atoms with E-state index in [1.165, 1.54) is 45.2 Å². The molecule has 0 aliphatic carbocycles. The molecule has 24 heavy (non-hydrogen) atoms. The average Bonchev–Trinajstić information content (AvgIpc) is 3.08. The van der Waals surface area contributed by atoms with E-state index in [1.807, 2.05) is 23.1 Å². The molecule has 0 unspecified atom stereocenters. The molecule has 130 valence electrons. The van der Waals surface area contributed by atoms with Gasteiger partial charge in [0.05, 0.1) is 10.7 Å². The number of hydrogen-bond donors (Lipinski definition) is 0. The number of carbonyl (C=O) groups excluding carboxylic acids is 1. The number of piperidine rings is 1. The van der Waals surface area contributed by atoms with Crippen LogP contribution in [0.25, 0.3) is 0 Å². The van der Waals surface area contributed by atoms with Gasteiger partial charge in [-0.3, -0.25) is 9.69 Å². The molecule has 0 saturated carbocycles. The molecule has 0 atom stereocenters. The van der Waals surface area contributed by atoms with Gasteiger partial charge in [0.2, 0.25) is 0 Å². The van der Waals surface area contributed by atoms with E-state index in [0.717, 1.165) is 37.4 Å². The van der Waals surface area contributed by atoms with E-state index >= 15 is 0 Å². The van der Waals surface area contributed by atoms with E-state index < -0.39 is 0 Å². The first kappa shape index (κ1) is 16.2. The van der Waals surface area contributed by atoms with Gasteiger partial charge >= 0.3 is 0 Å². The summed E-state index contributed by atoms with van der Waals surface area (Å²) in [5.41, 5.74) is 1.79. The van der Waals surface area contributed by atoms with Gasteiger partial charge < -0.3 is 9.80 Å². The predicted octanol–water partition coefficient (Wildman–Crippen LogP) is 3.25. The van der Waals surface area contributed by atoms with Gasteiger partial charge in [0.15, 0.2) is 0 Å². The summed E-state index contributed by atoms with van der Waals surface area (Å²) < 4.78 is 0. The number of hydrogen-bond acceptors (Lipinski definition) is 3. The molecule has 0 aromatic heterocycles. The van der Waals surface area contributed by atoms with Gasteiger partial charge in [-0.25, -0.2) is 0 Å². The highest BCUT2D eigenvalue weighted by Crippen LogP contribution is 2.30. The van der Waals surface area contributed by atoms with E-state index in [0.29, 0.717) is 11.1 Å².